The van der Waals surface area contributed by atoms with Crippen LogP contribution in [-0.2, 0) is 14.9 Å². The second kappa shape index (κ2) is 5.23. The van der Waals surface area contributed by atoms with Gasteiger partial charge in [-0.05, 0) is 37.0 Å². The van der Waals surface area contributed by atoms with Crippen LogP contribution in [0.3, 0.4) is 0 Å². The normalized spacial score (nSPS) is 25.9. The molecule has 3 nitrogen and oxygen atoms in total. The number of ether oxygens (including phenoxy) is 2. The average molecular weight is 261 g/mol. The van der Waals surface area contributed by atoms with Crippen molar-refractivity contribution >= 4 is 0 Å². The van der Waals surface area contributed by atoms with Crippen molar-refractivity contribution in [3.8, 4) is 0 Å². The van der Waals surface area contributed by atoms with Gasteiger partial charge >= 0.3 is 0 Å². The van der Waals surface area contributed by atoms with E-state index in [4.69, 9.17) is 9.47 Å². The van der Waals surface area contributed by atoms with E-state index in [1.54, 1.807) is 0 Å². The van der Waals surface area contributed by atoms with E-state index in [9.17, 15) is 0 Å². The predicted octanol–water partition coefficient (Wildman–Crippen LogP) is 1.95. The standard InChI is InChI=1S/C16H23NO2/c1-12-3-4-14(7-13(12)2)16(10-18-11-16)8-15-9-17-5-6-19-15/h3-4,7,15,17H,5-6,8-11H2,1-2H3. The monoisotopic (exact) mass is 261 g/mol. The number of hydrogen-bond donors (Lipinski definition) is 1. The Labute approximate surface area is 115 Å². The van der Waals surface area contributed by atoms with Crippen LogP contribution in [0, 0.1) is 13.8 Å². The molecule has 1 unspecified atom stereocenters. The lowest BCUT2D eigenvalue weighted by Gasteiger charge is -2.44. The van der Waals surface area contributed by atoms with Crippen molar-refractivity contribution in [3.05, 3.63) is 34.9 Å². The zero-order valence-corrected chi connectivity index (χ0v) is 11.9. The van der Waals surface area contributed by atoms with Crippen LogP contribution < -0.4 is 5.32 Å². The number of aryl methyl sites for hydroxylation is 2. The fraction of sp³-hybridized carbons (Fsp3) is 0.625. The van der Waals surface area contributed by atoms with Crippen molar-refractivity contribution in [1.82, 2.24) is 5.32 Å². The van der Waals surface area contributed by atoms with E-state index in [-0.39, 0.29) is 5.41 Å². The van der Waals surface area contributed by atoms with Gasteiger partial charge in [0.15, 0.2) is 0 Å². The molecular formula is C16H23NO2. The molecule has 2 fully saturated rings. The highest BCUT2D eigenvalue weighted by Gasteiger charge is 2.42. The molecular weight excluding hydrogens is 238 g/mol. The molecule has 0 aromatic heterocycles. The van der Waals surface area contributed by atoms with Crippen LogP contribution in [0.5, 0.6) is 0 Å². The summed E-state index contributed by atoms with van der Waals surface area (Å²) in [5.74, 6) is 0. The zero-order valence-electron chi connectivity index (χ0n) is 11.9. The maximum Gasteiger partial charge on any atom is 0.0710 e. The highest BCUT2D eigenvalue weighted by molar-refractivity contribution is 5.36. The number of morpholine rings is 1. The number of nitrogens with one attached hydrogen (secondary N) is 1. The fourth-order valence-electron chi connectivity index (χ4n) is 3.01. The summed E-state index contributed by atoms with van der Waals surface area (Å²) in [6.07, 6.45) is 1.38. The Bertz CT molecular complexity index is 448. The first-order valence-corrected chi connectivity index (χ1v) is 7.17. The Morgan fingerprint density at radius 1 is 1.26 bits per heavy atom. The first-order valence-electron chi connectivity index (χ1n) is 7.17. The molecule has 0 spiro atoms. The van der Waals surface area contributed by atoms with E-state index in [2.05, 4.69) is 37.4 Å². The molecule has 1 aromatic carbocycles. The van der Waals surface area contributed by atoms with Crippen molar-refractivity contribution in [2.45, 2.75) is 31.8 Å². The Balaban J connectivity index is 1.79. The summed E-state index contributed by atoms with van der Waals surface area (Å²) in [5, 5.41) is 3.41. The van der Waals surface area contributed by atoms with E-state index >= 15 is 0 Å². The molecule has 0 bridgehead atoms. The Hall–Kier alpha value is -0.900. The van der Waals surface area contributed by atoms with Gasteiger partial charge in [-0.1, -0.05) is 18.2 Å². The van der Waals surface area contributed by atoms with E-state index in [0.717, 1.165) is 39.3 Å². The van der Waals surface area contributed by atoms with Crippen LogP contribution >= 0.6 is 0 Å². The summed E-state index contributed by atoms with van der Waals surface area (Å²) in [5.41, 5.74) is 4.31. The van der Waals surface area contributed by atoms with E-state index in [1.807, 2.05) is 0 Å². The molecule has 0 saturated carbocycles. The Morgan fingerprint density at radius 3 is 2.68 bits per heavy atom. The highest BCUT2D eigenvalue weighted by Crippen LogP contribution is 2.38. The second-order valence-electron chi connectivity index (χ2n) is 5.97. The van der Waals surface area contributed by atoms with Crippen molar-refractivity contribution in [2.24, 2.45) is 0 Å². The van der Waals surface area contributed by atoms with Gasteiger partial charge in [0.25, 0.3) is 0 Å². The third kappa shape index (κ3) is 2.55. The van der Waals surface area contributed by atoms with Crippen molar-refractivity contribution in [3.63, 3.8) is 0 Å². The van der Waals surface area contributed by atoms with Gasteiger partial charge in [-0.3, -0.25) is 0 Å². The molecule has 104 valence electrons. The quantitative estimate of drug-likeness (QED) is 0.902. The second-order valence-corrected chi connectivity index (χ2v) is 5.97. The summed E-state index contributed by atoms with van der Waals surface area (Å²) in [6, 6.07) is 6.82. The van der Waals surface area contributed by atoms with E-state index < -0.39 is 0 Å². The minimum Gasteiger partial charge on any atom is -0.379 e. The van der Waals surface area contributed by atoms with Crippen molar-refractivity contribution in [1.29, 1.82) is 0 Å². The minimum absolute atomic E-state index is 0.169. The maximum absolute atomic E-state index is 5.87. The molecule has 0 radical (unpaired) electrons. The lowest BCUT2D eigenvalue weighted by molar-refractivity contribution is -0.0942. The van der Waals surface area contributed by atoms with Gasteiger partial charge in [-0.2, -0.15) is 0 Å². The molecule has 3 rings (SSSR count). The summed E-state index contributed by atoms with van der Waals surface area (Å²) >= 11 is 0. The molecule has 0 aliphatic carbocycles. The van der Waals surface area contributed by atoms with Gasteiger partial charge < -0.3 is 14.8 Å². The van der Waals surface area contributed by atoms with Gasteiger partial charge in [0.2, 0.25) is 0 Å². The number of hydrogen-bond acceptors (Lipinski definition) is 3. The lowest BCUT2D eigenvalue weighted by atomic mass is 9.73. The summed E-state index contributed by atoms with van der Waals surface area (Å²) < 4.78 is 11.4. The number of benzene rings is 1. The molecule has 1 atom stereocenters. The predicted molar refractivity (Wildman–Crippen MR) is 75.6 cm³/mol. The van der Waals surface area contributed by atoms with Gasteiger partial charge in [-0.25, -0.2) is 0 Å². The molecule has 2 aliphatic rings. The maximum atomic E-state index is 5.87. The molecule has 3 heteroatoms. The highest BCUT2D eigenvalue weighted by atomic mass is 16.5. The third-order valence-corrected chi connectivity index (χ3v) is 4.50. The van der Waals surface area contributed by atoms with Gasteiger partial charge in [0.1, 0.15) is 0 Å². The van der Waals surface area contributed by atoms with Gasteiger partial charge in [0, 0.05) is 18.5 Å². The average Bonchev–Trinajstić information content (AvgIpc) is 2.38. The first-order chi connectivity index (χ1) is 9.20. The molecule has 2 heterocycles. The van der Waals surface area contributed by atoms with Gasteiger partial charge in [0.05, 0.1) is 25.9 Å². The van der Waals surface area contributed by atoms with E-state index in [1.165, 1.54) is 16.7 Å². The van der Waals surface area contributed by atoms with Crippen molar-refractivity contribution in [2.75, 3.05) is 32.9 Å². The van der Waals surface area contributed by atoms with Crippen LogP contribution in [0.2, 0.25) is 0 Å². The molecule has 19 heavy (non-hydrogen) atoms. The number of rotatable bonds is 3. The summed E-state index contributed by atoms with van der Waals surface area (Å²) in [7, 11) is 0. The molecule has 0 amide bonds. The van der Waals surface area contributed by atoms with Crippen LogP contribution in [0.4, 0.5) is 0 Å². The van der Waals surface area contributed by atoms with Crippen LogP contribution in [0.15, 0.2) is 18.2 Å². The van der Waals surface area contributed by atoms with Crippen LogP contribution in [-0.4, -0.2) is 39.0 Å². The lowest BCUT2D eigenvalue weighted by Crippen LogP contribution is -2.52. The van der Waals surface area contributed by atoms with Crippen LogP contribution in [0.1, 0.15) is 23.1 Å². The molecule has 1 N–H and O–H groups in total. The first kappa shape index (κ1) is 13.1. The van der Waals surface area contributed by atoms with Crippen molar-refractivity contribution < 1.29 is 9.47 Å². The zero-order chi connectivity index (χ0) is 13.3. The SMILES string of the molecule is Cc1ccc(C2(CC3CNCCO3)COC2)cc1C. The largest absolute Gasteiger partial charge is 0.379 e. The summed E-state index contributed by atoms with van der Waals surface area (Å²) in [4.78, 5) is 0. The third-order valence-electron chi connectivity index (χ3n) is 4.50. The molecule has 2 saturated heterocycles. The van der Waals surface area contributed by atoms with Gasteiger partial charge in [-0.15, -0.1) is 0 Å². The smallest absolute Gasteiger partial charge is 0.0710 e. The Morgan fingerprint density at radius 2 is 2.11 bits per heavy atom. The summed E-state index contributed by atoms with van der Waals surface area (Å²) in [6.45, 7) is 8.78. The topological polar surface area (TPSA) is 30.5 Å². The Kier molecular flexibility index (Phi) is 3.61. The van der Waals surface area contributed by atoms with Crippen LogP contribution in [0.25, 0.3) is 0 Å². The van der Waals surface area contributed by atoms with E-state index in [0.29, 0.717) is 6.10 Å². The minimum atomic E-state index is 0.169. The molecule has 1 aromatic rings. The molecule has 2 aliphatic heterocycles. The fourth-order valence-corrected chi connectivity index (χ4v) is 3.01.